The van der Waals surface area contributed by atoms with Crippen molar-refractivity contribution in [1.29, 1.82) is 0 Å². The van der Waals surface area contributed by atoms with Crippen molar-refractivity contribution < 1.29 is 0 Å². The molecular weight excluding hydrogens is 234 g/mol. The molecule has 2 heterocycles. The highest BCUT2D eigenvalue weighted by Crippen LogP contribution is 2.27. The number of pyridine rings is 1. The van der Waals surface area contributed by atoms with E-state index in [0.29, 0.717) is 6.04 Å². The molecule has 0 N–H and O–H groups in total. The maximum Gasteiger partial charge on any atom is 0.0726 e. The first kappa shape index (κ1) is 12.7. The third-order valence-corrected chi connectivity index (χ3v) is 4.15. The second-order valence-corrected chi connectivity index (χ2v) is 5.59. The molecule has 2 aromatic rings. The van der Waals surface area contributed by atoms with Crippen LogP contribution in [0.5, 0.6) is 0 Å². The van der Waals surface area contributed by atoms with Gasteiger partial charge in [-0.1, -0.05) is 19.9 Å². The summed E-state index contributed by atoms with van der Waals surface area (Å²) in [5.74, 6) is 0. The summed E-state index contributed by atoms with van der Waals surface area (Å²) in [5.41, 5.74) is 4.24. The number of hydrogen-bond acceptors (Lipinski definition) is 2. The Kier molecular flexibility index (Phi) is 3.56. The Hall–Kier alpha value is -1.35. The predicted molar refractivity (Wildman–Crippen MR) is 78.5 cm³/mol. The molecule has 0 radical (unpaired) electrons. The monoisotopic (exact) mass is 257 g/mol. The summed E-state index contributed by atoms with van der Waals surface area (Å²) in [4.78, 5) is 2.67. The molecule has 19 heavy (non-hydrogen) atoms. The highest BCUT2D eigenvalue weighted by Gasteiger charge is 2.25. The second kappa shape index (κ2) is 5.33. The third-order valence-electron chi connectivity index (χ3n) is 4.15. The molecule has 1 aliphatic carbocycles. The van der Waals surface area contributed by atoms with Crippen LogP contribution in [0.4, 0.5) is 0 Å². The molecule has 1 atom stereocenters. The first-order valence-corrected chi connectivity index (χ1v) is 7.51. The Bertz CT molecular complexity index is 552. The van der Waals surface area contributed by atoms with Crippen molar-refractivity contribution in [2.45, 2.75) is 45.6 Å². The van der Waals surface area contributed by atoms with Gasteiger partial charge < -0.3 is 0 Å². The third kappa shape index (κ3) is 2.27. The quantitative estimate of drug-likeness (QED) is 0.821. The summed E-state index contributed by atoms with van der Waals surface area (Å²) in [6.45, 7) is 6.98. The number of rotatable bonds is 5. The lowest BCUT2D eigenvalue weighted by atomic mass is 9.91. The number of hydrogen-bond donors (Lipinski definition) is 0. The SMILES string of the molecule is CCCN(CCC)[C@@H]1Cc2cccn3ncc(c23)C1. The van der Waals surface area contributed by atoms with Crippen molar-refractivity contribution in [2.24, 2.45) is 0 Å². The average Bonchev–Trinajstić information content (AvgIpc) is 2.84. The fourth-order valence-corrected chi connectivity index (χ4v) is 3.39. The molecule has 2 aromatic heterocycles. The van der Waals surface area contributed by atoms with Crippen LogP contribution < -0.4 is 0 Å². The minimum Gasteiger partial charge on any atom is -0.300 e. The van der Waals surface area contributed by atoms with Gasteiger partial charge in [0.1, 0.15) is 0 Å². The van der Waals surface area contributed by atoms with E-state index in [1.165, 1.54) is 49.0 Å². The standard InChI is InChI=1S/C16H23N3/c1-3-7-18(8-4-2)15-10-13-6-5-9-19-16(13)14(11-15)12-17-19/h5-6,9,12,15H,3-4,7-8,10-11H2,1-2H3/t15-/m1/s1. The van der Waals surface area contributed by atoms with Gasteiger partial charge in [0.2, 0.25) is 0 Å². The normalized spacial score (nSPS) is 18.4. The van der Waals surface area contributed by atoms with Crippen LogP contribution >= 0.6 is 0 Å². The largest absolute Gasteiger partial charge is 0.300 e. The van der Waals surface area contributed by atoms with Crippen LogP contribution in [-0.2, 0) is 12.8 Å². The van der Waals surface area contributed by atoms with Crippen molar-refractivity contribution in [3.63, 3.8) is 0 Å². The number of aromatic nitrogens is 2. The summed E-state index contributed by atoms with van der Waals surface area (Å²) in [6, 6.07) is 5.04. The molecule has 0 bridgehead atoms. The topological polar surface area (TPSA) is 20.5 Å². The molecule has 0 amide bonds. The fourth-order valence-electron chi connectivity index (χ4n) is 3.39. The van der Waals surface area contributed by atoms with Crippen LogP contribution in [0.15, 0.2) is 24.5 Å². The van der Waals surface area contributed by atoms with Gasteiger partial charge >= 0.3 is 0 Å². The molecule has 3 heteroatoms. The van der Waals surface area contributed by atoms with Crippen LogP contribution in [0.3, 0.4) is 0 Å². The van der Waals surface area contributed by atoms with Crippen LogP contribution in [0.1, 0.15) is 37.8 Å². The molecule has 0 aromatic carbocycles. The van der Waals surface area contributed by atoms with E-state index in [1.54, 1.807) is 0 Å². The Morgan fingerprint density at radius 1 is 1.21 bits per heavy atom. The van der Waals surface area contributed by atoms with Crippen LogP contribution in [0, 0.1) is 0 Å². The van der Waals surface area contributed by atoms with Gasteiger partial charge in [-0.15, -0.1) is 0 Å². The van der Waals surface area contributed by atoms with Gasteiger partial charge in [-0.25, -0.2) is 4.52 Å². The Morgan fingerprint density at radius 2 is 1.95 bits per heavy atom. The Morgan fingerprint density at radius 3 is 2.68 bits per heavy atom. The zero-order valence-corrected chi connectivity index (χ0v) is 12.0. The smallest absolute Gasteiger partial charge is 0.0726 e. The van der Waals surface area contributed by atoms with Gasteiger partial charge in [-0.05, 0) is 56.0 Å². The van der Waals surface area contributed by atoms with Crippen molar-refractivity contribution in [1.82, 2.24) is 14.5 Å². The fraction of sp³-hybridized carbons (Fsp3) is 0.562. The lowest BCUT2D eigenvalue weighted by molar-refractivity contribution is 0.191. The molecule has 102 valence electrons. The van der Waals surface area contributed by atoms with E-state index >= 15 is 0 Å². The minimum atomic E-state index is 0.655. The summed E-state index contributed by atoms with van der Waals surface area (Å²) < 4.78 is 2.03. The molecule has 0 saturated carbocycles. The van der Waals surface area contributed by atoms with E-state index in [1.807, 2.05) is 4.52 Å². The van der Waals surface area contributed by atoms with E-state index in [9.17, 15) is 0 Å². The molecule has 0 unspecified atom stereocenters. The minimum absolute atomic E-state index is 0.655. The Balaban J connectivity index is 1.89. The van der Waals surface area contributed by atoms with Crippen LogP contribution in [0.2, 0.25) is 0 Å². The zero-order chi connectivity index (χ0) is 13.2. The molecule has 3 nitrogen and oxygen atoms in total. The maximum absolute atomic E-state index is 4.47. The van der Waals surface area contributed by atoms with E-state index in [-0.39, 0.29) is 0 Å². The Labute approximate surface area is 115 Å². The average molecular weight is 257 g/mol. The summed E-state index contributed by atoms with van der Waals surface area (Å²) in [7, 11) is 0. The first-order valence-electron chi connectivity index (χ1n) is 7.51. The second-order valence-electron chi connectivity index (χ2n) is 5.59. The van der Waals surface area contributed by atoms with Gasteiger partial charge in [-0.2, -0.15) is 5.10 Å². The summed E-state index contributed by atoms with van der Waals surface area (Å²) in [5, 5.41) is 4.47. The van der Waals surface area contributed by atoms with E-state index in [4.69, 9.17) is 0 Å². The number of nitrogens with zero attached hydrogens (tertiary/aromatic N) is 3. The molecule has 1 aliphatic rings. The van der Waals surface area contributed by atoms with Gasteiger partial charge in [0.25, 0.3) is 0 Å². The van der Waals surface area contributed by atoms with Gasteiger partial charge in [0, 0.05) is 12.2 Å². The lowest BCUT2D eigenvalue weighted by Crippen LogP contribution is -2.41. The van der Waals surface area contributed by atoms with Crippen molar-refractivity contribution >= 4 is 5.52 Å². The van der Waals surface area contributed by atoms with E-state index < -0.39 is 0 Å². The molecule has 0 fully saturated rings. The highest BCUT2D eigenvalue weighted by molar-refractivity contribution is 5.62. The van der Waals surface area contributed by atoms with Crippen LogP contribution in [0.25, 0.3) is 5.52 Å². The maximum atomic E-state index is 4.47. The molecule has 3 rings (SSSR count). The molecule has 0 aliphatic heterocycles. The van der Waals surface area contributed by atoms with Gasteiger partial charge in [-0.3, -0.25) is 4.90 Å². The molecule has 0 saturated heterocycles. The summed E-state index contributed by atoms with van der Waals surface area (Å²) in [6.07, 6.45) is 8.91. The zero-order valence-electron chi connectivity index (χ0n) is 12.0. The molecule has 0 spiro atoms. The van der Waals surface area contributed by atoms with Gasteiger partial charge in [0.05, 0.1) is 11.7 Å². The summed E-state index contributed by atoms with van der Waals surface area (Å²) >= 11 is 0. The van der Waals surface area contributed by atoms with Gasteiger partial charge in [0.15, 0.2) is 0 Å². The first-order chi connectivity index (χ1) is 9.33. The molecular formula is C16H23N3. The van der Waals surface area contributed by atoms with Crippen LogP contribution in [-0.4, -0.2) is 33.6 Å². The predicted octanol–water partition coefficient (Wildman–Crippen LogP) is 2.92. The highest BCUT2D eigenvalue weighted by atomic mass is 15.2. The van der Waals surface area contributed by atoms with Crippen molar-refractivity contribution in [2.75, 3.05) is 13.1 Å². The lowest BCUT2D eigenvalue weighted by Gasteiger charge is -2.33. The van der Waals surface area contributed by atoms with E-state index in [2.05, 4.69) is 48.4 Å². The van der Waals surface area contributed by atoms with E-state index in [0.717, 1.165) is 6.42 Å². The van der Waals surface area contributed by atoms with Crippen molar-refractivity contribution in [3.05, 3.63) is 35.7 Å². The van der Waals surface area contributed by atoms with Crippen molar-refractivity contribution in [3.8, 4) is 0 Å².